The summed E-state index contributed by atoms with van der Waals surface area (Å²) in [6.45, 7) is 2.13. The number of anilines is 1. The molecule has 128 valence electrons. The van der Waals surface area contributed by atoms with Crippen molar-refractivity contribution in [2.45, 2.75) is 18.2 Å². The molecule has 1 N–H and O–H groups in total. The standard InChI is InChI=1S/C19H17ClN2OS2/c1-2-13-3-5-14(6-4-13)17-11-25-19(21-17)22-18(23)12-24-16-9-7-15(20)8-10-16/h3-11H,2,12H2,1H3,(H,21,22,23). The van der Waals surface area contributed by atoms with Gasteiger partial charge in [-0.25, -0.2) is 4.98 Å². The van der Waals surface area contributed by atoms with E-state index in [-0.39, 0.29) is 5.91 Å². The molecule has 6 heteroatoms. The van der Waals surface area contributed by atoms with Crippen LogP contribution in [0.2, 0.25) is 5.02 Å². The molecule has 25 heavy (non-hydrogen) atoms. The van der Waals surface area contributed by atoms with Crippen LogP contribution in [0.5, 0.6) is 0 Å². The van der Waals surface area contributed by atoms with Crippen LogP contribution in [0.1, 0.15) is 12.5 Å². The van der Waals surface area contributed by atoms with E-state index < -0.39 is 0 Å². The zero-order valence-electron chi connectivity index (χ0n) is 13.7. The highest BCUT2D eigenvalue weighted by molar-refractivity contribution is 8.00. The number of carbonyl (C=O) groups excluding carboxylic acids is 1. The van der Waals surface area contributed by atoms with Gasteiger partial charge in [0.15, 0.2) is 5.13 Å². The lowest BCUT2D eigenvalue weighted by atomic mass is 10.1. The molecular weight excluding hydrogens is 372 g/mol. The fourth-order valence-corrected chi connectivity index (χ4v) is 3.77. The van der Waals surface area contributed by atoms with Crippen molar-refractivity contribution in [3.8, 4) is 11.3 Å². The van der Waals surface area contributed by atoms with Gasteiger partial charge in [0, 0.05) is 20.9 Å². The van der Waals surface area contributed by atoms with Crippen LogP contribution in [-0.4, -0.2) is 16.6 Å². The number of thiazole rings is 1. The van der Waals surface area contributed by atoms with Crippen molar-refractivity contribution in [3.05, 3.63) is 64.5 Å². The summed E-state index contributed by atoms with van der Waals surface area (Å²) in [6, 6.07) is 15.8. The van der Waals surface area contributed by atoms with Crippen molar-refractivity contribution in [2.75, 3.05) is 11.1 Å². The molecule has 3 aromatic rings. The quantitative estimate of drug-likeness (QED) is 0.546. The smallest absolute Gasteiger partial charge is 0.236 e. The molecule has 0 saturated carbocycles. The van der Waals surface area contributed by atoms with Gasteiger partial charge in [-0.1, -0.05) is 42.8 Å². The Kier molecular flexibility index (Phi) is 6.13. The van der Waals surface area contributed by atoms with Crippen LogP contribution in [0.3, 0.4) is 0 Å². The molecule has 0 spiro atoms. The monoisotopic (exact) mass is 388 g/mol. The van der Waals surface area contributed by atoms with Gasteiger partial charge >= 0.3 is 0 Å². The maximum Gasteiger partial charge on any atom is 0.236 e. The second-order valence-electron chi connectivity index (χ2n) is 5.38. The number of nitrogens with one attached hydrogen (secondary N) is 1. The van der Waals surface area contributed by atoms with Crippen LogP contribution in [-0.2, 0) is 11.2 Å². The van der Waals surface area contributed by atoms with Gasteiger partial charge in [-0.15, -0.1) is 23.1 Å². The molecule has 2 aromatic carbocycles. The molecule has 1 aromatic heterocycles. The van der Waals surface area contributed by atoms with Crippen molar-refractivity contribution < 1.29 is 4.79 Å². The predicted molar refractivity (Wildman–Crippen MR) is 108 cm³/mol. The molecule has 0 aliphatic carbocycles. The minimum atomic E-state index is -0.0674. The van der Waals surface area contributed by atoms with Crippen molar-refractivity contribution >= 4 is 45.7 Å². The van der Waals surface area contributed by atoms with Crippen LogP contribution in [0.4, 0.5) is 5.13 Å². The van der Waals surface area contributed by atoms with Crippen LogP contribution < -0.4 is 5.32 Å². The second-order valence-corrected chi connectivity index (χ2v) is 7.72. The molecule has 1 amide bonds. The molecule has 0 fully saturated rings. The van der Waals surface area contributed by atoms with E-state index in [0.717, 1.165) is 22.6 Å². The first-order valence-electron chi connectivity index (χ1n) is 7.87. The topological polar surface area (TPSA) is 42.0 Å². The van der Waals surface area contributed by atoms with Crippen molar-refractivity contribution in [1.82, 2.24) is 4.98 Å². The Balaban J connectivity index is 1.56. The number of hydrogen-bond donors (Lipinski definition) is 1. The van der Waals surface area contributed by atoms with E-state index in [4.69, 9.17) is 11.6 Å². The Hall–Kier alpha value is -1.82. The third-order valence-electron chi connectivity index (χ3n) is 3.59. The van der Waals surface area contributed by atoms with Crippen molar-refractivity contribution in [2.24, 2.45) is 0 Å². The van der Waals surface area contributed by atoms with Crippen LogP contribution in [0.25, 0.3) is 11.3 Å². The van der Waals surface area contributed by atoms with Gasteiger partial charge in [0.1, 0.15) is 0 Å². The normalized spacial score (nSPS) is 10.6. The van der Waals surface area contributed by atoms with E-state index in [2.05, 4.69) is 41.5 Å². The van der Waals surface area contributed by atoms with Crippen LogP contribution >= 0.6 is 34.7 Å². The number of nitrogens with zero attached hydrogens (tertiary/aromatic N) is 1. The van der Waals surface area contributed by atoms with E-state index >= 15 is 0 Å². The first-order chi connectivity index (χ1) is 12.1. The molecule has 0 aliphatic rings. The molecule has 0 saturated heterocycles. The van der Waals surface area contributed by atoms with Gasteiger partial charge in [0.25, 0.3) is 0 Å². The van der Waals surface area contributed by atoms with Crippen molar-refractivity contribution in [3.63, 3.8) is 0 Å². The number of aryl methyl sites for hydroxylation is 1. The summed E-state index contributed by atoms with van der Waals surface area (Å²) in [5, 5.41) is 6.13. The largest absolute Gasteiger partial charge is 0.301 e. The molecule has 3 nitrogen and oxygen atoms in total. The second kappa shape index (κ2) is 8.52. The highest BCUT2D eigenvalue weighted by atomic mass is 35.5. The Morgan fingerprint density at radius 1 is 1.16 bits per heavy atom. The number of halogens is 1. The van der Waals surface area contributed by atoms with Gasteiger partial charge in [0.2, 0.25) is 5.91 Å². The number of benzene rings is 2. The minimum Gasteiger partial charge on any atom is -0.301 e. The summed E-state index contributed by atoms with van der Waals surface area (Å²) in [6.07, 6.45) is 1.02. The van der Waals surface area contributed by atoms with E-state index in [0.29, 0.717) is 15.9 Å². The van der Waals surface area contributed by atoms with Gasteiger partial charge < -0.3 is 5.32 Å². The van der Waals surface area contributed by atoms with Gasteiger partial charge in [-0.05, 0) is 36.2 Å². The first kappa shape index (κ1) is 18.0. The zero-order chi connectivity index (χ0) is 17.6. The lowest BCUT2D eigenvalue weighted by molar-refractivity contribution is -0.113. The van der Waals surface area contributed by atoms with E-state index in [1.807, 2.05) is 29.6 Å². The lowest BCUT2D eigenvalue weighted by Gasteiger charge is -2.02. The van der Waals surface area contributed by atoms with E-state index in [9.17, 15) is 4.79 Å². The number of aromatic nitrogens is 1. The summed E-state index contributed by atoms with van der Waals surface area (Å²) in [4.78, 5) is 17.6. The lowest BCUT2D eigenvalue weighted by Crippen LogP contribution is -2.13. The molecule has 3 rings (SSSR count). The number of rotatable bonds is 6. The third kappa shape index (κ3) is 5.08. The Bertz CT molecular complexity index is 845. The Labute approximate surface area is 160 Å². The first-order valence-corrected chi connectivity index (χ1v) is 10.1. The summed E-state index contributed by atoms with van der Waals surface area (Å²) < 4.78 is 0. The summed E-state index contributed by atoms with van der Waals surface area (Å²) in [5.41, 5.74) is 3.24. The zero-order valence-corrected chi connectivity index (χ0v) is 16.0. The number of amides is 1. The molecule has 0 aliphatic heterocycles. The summed E-state index contributed by atoms with van der Waals surface area (Å²) >= 11 is 8.76. The highest BCUT2D eigenvalue weighted by Gasteiger charge is 2.09. The minimum absolute atomic E-state index is 0.0674. The highest BCUT2D eigenvalue weighted by Crippen LogP contribution is 2.26. The predicted octanol–water partition coefficient (Wildman–Crippen LogP) is 5.76. The molecule has 0 atom stereocenters. The molecule has 0 unspecified atom stereocenters. The third-order valence-corrected chi connectivity index (χ3v) is 5.61. The number of thioether (sulfide) groups is 1. The van der Waals surface area contributed by atoms with Crippen molar-refractivity contribution in [1.29, 1.82) is 0 Å². The van der Waals surface area contributed by atoms with E-state index in [1.54, 1.807) is 0 Å². The fourth-order valence-electron chi connectivity index (χ4n) is 2.21. The average Bonchev–Trinajstić information content (AvgIpc) is 3.10. The SMILES string of the molecule is CCc1ccc(-c2csc(NC(=O)CSc3ccc(Cl)cc3)n2)cc1. The van der Waals surface area contributed by atoms with Gasteiger partial charge in [-0.2, -0.15) is 0 Å². The Morgan fingerprint density at radius 3 is 2.56 bits per heavy atom. The number of hydrogen-bond acceptors (Lipinski definition) is 4. The average molecular weight is 389 g/mol. The summed E-state index contributed by atoms with van der Waals surface area (Å²) in [5.74, 6) is 0.268. The van der Waals surface area contributed by atoms with E-state index in [1.165, 1.54) is 28.7 Å². The summed E-state index contributed by atoms with van der Waals surface area (Å²) in [7, 11) is 0. The van der Waals surface area contributed by atoms with Crippen LogP contribution in [0, 0.1) is 0 Å². The maximum absolute atomic E-state index is 12.1. The molecule has 1 heterocycles. The molecule has 0 radical (unpaired) electrons. The van der Waals surface area contributed by atoms with Gasteiger partial charge in [0.05, 0.1) is 11.4 Å². The molecular formula is C19H17ClN2OS2. The maximum atomic E-state index is 12.1. The Morgan fingerprint density at radius 2 is 1.88 bits per heavy atom. The van der Waals surface area contributed by atoms with Gasteiger partial charge in [-0.3, -0.25) is 4.79 Å². The number of carbonyl (C=O) groups is 1. The fraction of sp³-hybridized carbons (Fsp3) is 0.158. The van der Waals surface area contributed by atoms with Crippen LogP contribution in [0.15, 0.2) is 58.8 Å². The molecule has 0 bridgehead atoms.